The molecule has 0 radical (unpaired) electrons. The number of carbonyl (C=O) groups excluding carboxylic acids is 1. The first kappa shape index (κ1) is 19.2. The van der Waals surface area contributed by atoms with Gasteiger partial charge in [-0.3, -0.25) is 4.79 Å². The highest BCUT2D eigenvalue weighted by atomic mass is 19.4. The molecule has 0 atom stereocenters. The van der Waals surface area contributed by atoms with E-state index < -0.39 is 17.6 Å². The zero-order chi connectivity index (χ0) is 20.1. The largest absolute Gasteiger partial charge is 0.495 e. The van der Waals surface area contributed by atoms with E-state index in [1.165, 1.54) is 31.6 Å². The van der Waals surface area contributed by atoms with Crippen LogP contribution in [0.2, 0.25) is 0 Å². The van der Waals surface area contributed by atoms with E-state index in [1.807, 2.05) is 0 Å². The topological polar surface area (TPSA) is 76.1 Å². The Bertz CT molecular complexity index is 993. The fourth-order valence-electron chi connectivity index (χ4n) is 2.40. The van der Waals surface area contributed by atoms with Crippen molar-refractivity contribution in [2.24, 2.45) is 0 Å². The number of aromatic nitrogens is 2. The standard InChI is InChI=1S/C19H15F3N4O2/c1-28-16-8-3-2-7-14(16)26-17-10-15(23-11-24-17)18(27)25-13-6-4-5-12(9-13)19(20,21)22/h2-11H,1H3,(H,25,27)(H,23,24,26). The van der Waals surface area contributed by atoms with Crippen LogP contribution >= 0.6 is 0 Å². The molecule has 6 nitrogen and oxygen atoms in total. The molecule has 1 heterocycles. The molecular weight excluding hydrogens is 373 g/mol. The van der Waals surface area contributed by atoms with Crippen molar-refractivity contribution in [3.8, 4) is 5.75 Å². The summed E-state index contributed by atoms with van der Waals surface area (Å²) in [5.41, 5.74) is -0.220. The summed E-state index contributed by atoms with van der Waals surface area (Å²) in [6, 6.07) is 12.9. The molecular formula is C19H15F3N4O2. The molecule has 28 heavy (non-hydrogen) atoms. The molecule has 9 heteroatoms. The van der Waals surface area contributed by atoms with E-state index in [9.17, 15) is 18.0 Å². The van der Waals surface area contributed by atoms with Crippen LogP contribution < -0.4 is 15.4 Å². The number of amides is 1. The number of ether oxygens (including phenoxy) is 1. The zero-order valence-electron chi connectivity index (χ0n) is 14.6. The second-order valence-electron chi connectivity index (χ2n) is 5.65. The number of rotatable bonds is 5. The van der Waals surface area contributed by atoms with Crippen molar-refractivity contribution in [3.63, 3.8) is 0 Å². The number of halogens is 3. The molecule has 0 aliphatic carbocycles. The first-order valence-electron chi connectivity index (χ1n) is 8.07. The number of para-hydroxylation sites is 2. The van der Waals surface area contributed by atoms with Gasteiger partial charge < -0.3 is 15.4 Å². The third-order valence-electron chi connectivity index (χ3n) is 3.72. The predicted molar refractivity (Wildman–Crippen MR) is 97.7 cm³/mol. The van der Waals surface area contributed by atoms with Crippen LogP contribution in [0.25, 0.3) is 0 Å². The highest BCUT2D eigenvalue weighted by Gasteiger charge is 2.30. The summed E-state index contributed by atoms with van der Waals surface area (Å²) in [5, 5.41) is 5.41. The Morgan fingerprint density at radius 1 is 1.04 bits per heavy atom. The number of nitrogens with one attached hydrogen (secondary N) is 2. The van der Waals surface area contributed by atoms with Crippen LogP contribution in [0.3, 0.4) is 0 Å². The van der Waals surface area contributed by atoms with Gasteiger partial charge in [0.25, 0.3) is 5.91 Å². The third-order valence-corrected chi connectivity index (χ3v) is 3.72. The Hall–Kier alpha value is -3.62. The SMILES string of the molecule is COc1ccccc1Nc1cc(C(=O)Nc2cccc(C(F)(F)F)c2)ncn1. The summed E-state index contributed by atoms with van der Waals surface area (Å²) in [4.78, 5) is 20.3. The molecule has 1 aromatic heterocycles. The molecule has 0 bridgehead atoms. The van der Waals surface area contributed by atoms with Gasteiger partial charge in [0.05, 0.1) is 18.4 Å². The summed E-state index contributed by atoms with van der Waals surface area (Å²) in [6.45, 7) is 0. The average Bonchev–Trinajstić information content (AvgIpc) is 2.68. The van der Waals surface area contributed by atoms with Gasteiger partial charge in [0, 0.05) is 11.8 Å². The van der Waals surface area contributed by atoms with Gasteiger partial charge in [-0.15, -0.1) is 0 Å². The summed E-state index contributed by atoms with van der Waals surface area (Å²) < 4.78 is 43.6. The van der Waals surface area contributed by atoms with Gasteiger partial charge in [-0.05, 0) is 30.3 Å². The molecule has 0 spiro atoms. The maximum atomic E-state index is 12.8. The quantitative estimate of drug-likeness (QED) is 0.673. The number of benzene rings is 2. The third kappa shape index (κ3) is 4.56. The zero-order valence-corrected chi connectivity index (χ0v) is 14.6. The molecule has 0 saturated heterocycles. The van der Waals surface area contributed by atoms with E-state index >= 15 is 0 Å². The summed E-state index contributed by atoms with van der Waals surface area (Å²) in [7, 11) is 1.52. The van der Waals surface area contributed by atoms with Gasteiger partial charge in [-0.25, -0.2) is 9.97 Å². The molecule has 0 aliphatic heterocycles. The molecule has 0 saturated carbocycles. The summed E-state index contributed by atoms with van der Waals surface area (Å²) in [6.07, 6.45) is -3.32. The average molecular weight is 388 g/mol. The second-order valence-corrected chi connectivity index (χ2v) is 5.65. The molecule has 0 aliphatic rings. The van der Waals surface area contributed by atoms with E-state index in [4.69, 9.17) is 4.74 Å². The van der Waals surface area contributed by atoms with Crippen molar-refractivity contribution >= 4 is 23.1 Å². The molecule has 0 unspecified atom stereocenters. The lowest BCUT2D eigenvalue weighted by molar-refractivity contribution is -0.137. The Kier molecular flexibility index (Phi) is 5.44. The Balaban J connectivity index is 1.77. The van der Waals surface area contributed by atoms with E-state index in [-0.39, 0.29) is 11.4 Å². The van der Waals surface area contributed by atoms with Crippen molar-refractivity contribution in [3.05, 3.63) is 72.2 Å². The molecule has 1 amide bonds. The fourth-order valence-corrected chi connectivity index (χ4v) is 2.40. The first-order chi connectivity index (χ1) is 13.4. The van der Waals surface area contributed by atoms with Gasteiger partial charge in [0.15, 0.2) is 0 Å². The van der Waals surface area contributed by atoms with Gasteiger partial charge in [-0.1, -0.05) is 18.2 Å². The van der Waals surface area contributed by atoms with E-state index in [1.54, 1.807) is 24.3 Å². The fraction of sp³-hybridized carbons (Fsp3) is 0.105. The molecule has 2 aromatic carbocycles. The van der Waals surface area contributed by atoms with Crippen LogP contribution in [0.1, 0.15) is 16.1 Å². The van der Waals surface area contributed by atoms with Crippen LogP contribution in [0.15, 0.2) is 60.9 Å². The highest BCUT2D eigenvalue weighted by Crippen LogP contribution is 2.31. The van der Waals surface area contributed by atoms with Crippen LogP contribution in [0, 0.1) is 0 Å². The smallest absolute Gasteiger partial charge is 0.416 e. The van der Waals surface area contributed by atoms with E-state index in [0.29, 0.717) is 17.3 Å². The van der Waals surface area contributed by atoms with Gasteiger partial charge >= 0.3 is 6.18 Å². The van der Waals surface area contributed by atoms with Crippen LogP contribution in [0.5, 0.6) is 5.75 Å². The van der Waals surface area contributed by atoms with E-state index in [0.717, 1.165) is 12.1 Å². The monoisotopic (exact) mass is 388 g/mol. The normalized spacial score (nSPS) is 11.0. The van der Waals surface area contributed by atoms with Gasteiger partial charge in [0.1, 0.15) is 23.6 Å². The van der Waals surface area contributed by atoms with Crippen molar-refractivity contribution < 1.29 is 22.7 Å². The van der Waals surface area contributed by atoms with Crippen molar-refractivity contribution in [2.45, 2.75) is 6.18 Å². The number of hydrogen-bond acceptors (Lipinski definition) is 5. The summed E-state index contributed by atoms with van der Waals surface area (Å²) >= 11 is 0. The lowest BCUT2D eigenvalue weighted by atomic mass is 10.2. The maximum Gasteiger partial charge on any atom is 0.416 e. The first-order valence-corrected chi connectivity index (χ1v) is 8.07. The maximum absolute atomic E-state index is 12.8. The molecule has 144 valence electrons. The van der Waals surface area contributed by atoms with Crippen molar-refractivity contribution in [2.75, 3.05) is 17.7 Å². The number of carbonyl (C=O) groups is 1. The molecule has 3 aromatic rings. The second kappa shape index (κ2) is 7.95. The molecule has 2 N–H and O–H groups in total. The van der Waals surface area contributed by atoms with Crippen molar-refractivity contribution in [1.82, 2.24) is 9.97 Å². The number of nitrogens with zero attached hydrogens (tertiary/aromatic N) is 2. The van der Waals surface area contributed by atoms with Gasteiger partial charge in [-0.2, -0.15) is 13.2 Å². The Morgan fingerprint density at radius 3 is 2.57 bits per heavy atom. The summed E-state index contributed by atoms with van der Waals surface area (Å²) in [5.74, 6) is 0.245. The minimum absolute atomic E-state index is 0.00944. The Labute approximate surface area is 158 Å². The Morgan fingerprint density at radius 2 is 1.82 bits per heavy atom. The number of hydrogen-bond donors (Lipinski definition) is 2. The van der Waals surface area contributed by atoms with Crippen LogP contribution in [0.4, 0.5) is 30.4 Å². The van der Waals surface area contributed by atoms with Crippen molar-refractivity contribution in [1.29, 1.82) is 0 Å². The van der Waals surface area contributed by atoms with Crippen LogP contribution in [-0.4, -0.2) is 23.0 Å². The number of methoxy groups -OCH3 is 1. The number of anilines is 3. The van der Waals surface area contributed by atoms with Crippen LogP contribution in [-0.2, 0) is 6.18 Å². The van der Waals surface area contributed by atoms with E-state index in [2.05, 4.69) is 20.6 Å². The predicted octanol–water partition coefficient (Wildman–Crippen LogP) is 4.50. The minimum atomic E-state index is -4.50. The molecule has 3 rings (SSSR count). The highest BCUT2D eigenvalue weighted by molar-refractivity contribution is 6.03. The number of alkyl halides is 3. The lowest BCUT2D eigenvalue weighted by Gasteiger charge is -2.11. The van der Waals surface area contributed by atoms with Gasteiger partial charge in [0.2, 0.25) is 0 Å². The molecule has 0 fully saturated rings. The minimum Gasteiger partial charge on any atom is -0.495 e. The lowest BCUT2D eigenvalue weighted by Crippen LogP contribution is -2.15.